The van der Waals surface area contributed by atoms with Gasteiger partial charge in [-0.3, -0.25) is 24.3 Å². The van der Waals surface area contributed by atoms with Crippen LogP contribution in [0.15, 0.2) is 48.8 Å². The van der Waals surface area contributed by atoms with Crippen molar-refractivity contribution in [3.05, 3.63) is 65.5 Å². The van der Waals surface area contributed by atoms with E-state index in [1.54, 1.807) is 48.4 Å². The number of hydrogen-bond donors (Lipinski definition) is 0. The standard InChI is InChI=1S/C23H25N3O3S/c1-30-14-11-20(26-21(27)17-8-2-3-9-18(17)22(26)28)23(29)25-13-5-4-10-19(25)16-7-6-12-24-15-16/h2-3,6-9,12,15,19-20H,4-5,10-11,13-14H2,1H3/t19-,20+/m1/s1. The molecule has 1 fully saturated rings. The molecule has 1 aromatic heterocycles. The van der Waals surface area contributed by atoms with E-state index in [9.17, 15) is 14.4 Å². The van der Waals surface area contributed by atoms with Crippen LogP contribution in [0.3, 0.4) is 0 Å². The summed E-state index contributed by atoms with van der Waals surface area (Å²) in [5.74, 6) is -0.197. The minimum Gasteiger partial charge on any atom is -0.334 e. The molecule has 2 aliphatic heterocycles. The van der Waals surface area contributed by atoms with Gasteiger partial charge in [-0.05, 0) is 61.5 Å². The molecular formula is C23H25N3O3S. The Morgan fingerprint density at radius 1 is 1.13 bits per heavy atom. The van der Waals surface area contributed by atoms with Crippen molar-refractivity contribution in [1.29, 1.82) is 0 Å². The average Bonchev–Trinajstić information content (AvgIpc) is 3.05. The minimum absolute atomic E-state index is 0.0769. The van der Waals surface area contributed by atoms with Crippen LogP contribution in [-0.2, 0) is 4.79 Å². The summed E-state index contributed by atoms with van der Waals surface area (Å²) in [4.78, 5) is 47.2. The average molecular weight is 424 g/mol. The number of amides is 3. The van der Waals surface area contributed by atoms with Gasteiger partial charge in [0, 0.05) is 18.9 Å². The number of aromatic nitrogens is 1. The van der Waals surface area contributed by atoms with Gasteiger partial charge in [-0.25, -0.2) is 0 Å². The van der Waals surface area contributed by atoms with Gasteiger partial charge in [0.25, 0.3) is 11.8 Å². The number of thioether (sulfide) groups is 1. The molecule has 2 aromatic rings. The first-order chi connectivity index (χ1) is 14.6. The van der Waals surface area contributed by atoms with E-state index in [2.05, 4.69) is 4.98 Å². The Morgan fingerprint density at radius 3 is 2.50 bits per heavy atom. The zero-order valence-electron chi connectivity index (χ0n) is 17.0. The largest absolute Gasteiger partial charge is 0.334 e. The maximum absolute atomic E-state index is 13.8. The molecule has 1 aromatic carbocycles. The predicted octanol–water partition coefficient (Wildman–Crippen LogP) is 3.55. The summed E-state index contributed by atoms with van der Waals surface area (Å²) in [5, 5.41) is 0. The Morgan fingerprint density at radius 2 is 1.87 bits per heavy atom. The number of imide groups is 1. The predicted molar refractivity (Wildman–Crippen MR) is 116 cm³/mol. The first-order valence-corrected chi connectivity index (χ1v) is 11.7. The van der Waals surface area contributed by atoms with Crippen molar-refractivity contribution in [1.82, 2.24) is 14.8 Å². The summed E-state index contributed by atoms with van der Waals surface area (Å²) in [6.45, 7) is 0.622. The summed E-state index contributed by atoms with van der Waals surface area (Å²) in [6, 6.07) is 9.80. The first kappa shape index (κ1) is 20.6. The van der Waals surface area contributed by atoms with Crippen molar-refractivity contribution in [3.63, 3.8) is 0 Å². The van der Waals surface area contributed by atoms with Crippen LogP contribution >= 0.6 is 11.8 Å². The summed E-state index contributed by atoms with van der Waals surface area (Å²) < 4.78 is 0. The monoisotopic (exact) mass is 423 g/mol. The maximum atomic E-state index is 13.8. The van der Waals surface area contributed by atoms with E-state index in [0.29, 0.717) is 29.8 Å². The Bertz CT molecular complexity index is 915. The van der Waals surface area contributed by atoms with Crippen molar-refractivity contribution in [2.45, 2.75) is 37.8 Å². The Hall–Kier alpha value is -2.67. The first-order valence-electron chi connectivity index (χ1n) is 10.3. The molecule has 3 heterocycles. The van der Waals surface area contributed by atoms with Gasteiger partial charge >= 0.3 is 0 Å². The zero-order chi connectivity index (χ0) is 21.1. The van der Waals surface area contributed by atoms with E-state index >= 15 is 0 Å². The second-order valence-corrected chi connectivity index (χ2v) is 8.64. The number of rotatable bonds is 6. The molecule has 0 N–H and O–H groups in total. The number of piperidine rings is 1. The van der Waals surface area contributed by atoms with Gasteiger partial charge in [-0.15, -0.1) is 0 Å². The lowest BCUT2D eigenvalue weighted by atomic mass is 9.95. The van der Waals surface area contributed by atoms with Crippen LogP contribution in [0.1, 0.15) is 58.0 Å². The second kappa shape index (κ2) is 9.00. The molecule has 156 valence electrons. The van der Waals surface area contributed by atoms with Crippen LogP contribution in [0, 0.1) is 0 Å². The summed E-state index contributed by atoms with van der Waals surface area (Å²) >= 11 is 1.61. The summed E-state index contributed by atoms with van der Waals surface area (Å²) in [7, 11) is 0. The van der Waals surface area contributed by atoms with Gasteiger partial charge in [0.2, 0.25) is 5.91 Å². The third-order valence-corrected chi connectivity index (χ3v) is 6.52. The number of nitrogens with zero attached hydrogens (tertiary/aromatic N) is 3. The number of hydrogen-bond acceptors (Lipinski definition) is 5. The van der Waals surface area contributed by atoms with Gasteiger partial charge in [-0.1, -0.05) is 18.2 Å². The fraction of sp³-hybridized carbons (Fsp3) is 0.391. The van der Waals surface area contributed by atoms with Gasteiger partial charge in [-0.2, -0.15) is 11.8 Å². The lowest BCUT2D eigenvalue weighted by molar-refractivity contribution is -0.139. The summed E-state index contributed by atoms with van der Waals surface area (Å²) in [6.07, 6.45) is 8.74. The number of fused-ring (bicyclic) bond motifs is 1. The Balaban J connectivity index is 1.66. The minimum atomic E-state index is -0.790. The smallest absolute Gasteiger partial charge is 0.262 e. The zero-order valence-corrected chi connectivity index (χ0v) is 17.8. The highest BCUT2D eigenvalue weighted by molar-refractivity contribution is 7.98. The van der Waals surface area contributed by atoms with Crippen molar-refractivity contribution in [2.24, 2.45) is 0 Å². The van der Waals surface area contributed by atoms with E-state index in [4.69, 9.17) is 0 Å². The molecule has 30 heavy (non-hydrogen) atoms. The molecule has 0 bridgehead atoms. The molecule has 0 radical (unpaired) electrons. The molecule has 0 aliphatic carbocycles. The second-order valence-electron chi connectivity index (χ2n) is 7.65. The molecule has 4 rings (SSSR count). The maximum Gasteiger partial charge on any atom is 0.262 e. The normalized spacial score (nSPS) is 19.7. The fourth-order valence-electron chi connectivity index (χ4n) is 4.39. The van der Waals surface area contributed by atoms with Crippen molar-refractivity contribution >= 4 is 29.5 Å². The molecule has 6 nitrogen and oxygen atoms in total. The molecule has 0 saturated carbocycles. The van der Waals surface area contributed by atoms with Gasteiger partial charge in [0.05, 0.1) is 17.2 Å². The molecule has 7 heteroatoms. The van der Waals surface area contributed by atoms with Gasteiger partial charge in [0.15, 0.2) is 0 Å². The molecule has 2 aliphatic rings. The molecule has 0 unspecified atom stereocenters. The number of likely N-dealkylation sites (tertiary alicyclic amines) is 1. The Kier molecular flexibility index (Phi) is 6.18. The van der Waals surface area contributed by atoms with Crippen LogP contribution < -0.4 is 0 Å². The third-order valence-electron chi connectivity index (χ3n) is 5.87. The van der Waals surface area contributed by atoms with Crippen molar-refractivity contribution in [3.8, 4) is 0 Å². The fourth-order valence-corrected chi connectivity index (χ4v) is 4.85. The lowest BCUT2D eigenvalue weighted by Crippen LogP contribution is -2.53. The van der Waals surface area contributed by atoms with E-state index in [1.807, 2.05) is 23.3 Å². The lowest BCUT2D eigenvalue weighted by Gasteiger charge is -2.39. The topological polar surface area (TPSA) is 70.6 Å². The van der Waals surface area contributed by atoms with Gasteiger partial charge < -0.3 is 4.90 Å². The van der Waals surface area contributed by atoms with Crippen LogP contribution in [-0.4, -0.2) is 57.1 Å². The number of pyridine rings is 1. The van der Waals surface area contributed by atoms with Crippen LogP contribution in [0.25, 0.3) is 0 Å². The highest BCUT2D eigenvalue weighted by Crippen LogP contribution is 2.33. The van der Waals surface area contributed by atoms with Crippen molar-refractivity contribution < 1.29 is 14.4 Å². The number of carbonyl (C=O) groups is 3. The molecule has 3 amide bonds. The van der Waals surface area contributed by atoms with Crippen LogP contribution in [0.2, 0.25) is 0 Å². The van der Waals surface area contributed by atoms with E-state index in [-0.39, 0.29) is 23.8 Å². The highest BCUT2D eigenvalue weighted by atomic mass is 32.2. The van der Waals surface area contributed by atoms with Crippen LogP contribution in [0.4, 0.5) is 0 Å². The van der Waals surface area contributed by atoms with Gasteiger partial charge in [0.1, 0.15) is 6.04 Å². The van der Waals surface area contributed by atoms with Crippen molar-refractivity contribution in [2.75, 3.05) is 18.6 Å². The SMILES string of the molecule is CSCC[C@@H](C(=O)N1CCCC[C@@H]1c1cccnc1)N1C(=O)c2ccccc2C1=O. The summed E-state index contributed by atoms with van der Waals surface area (Å²) in [5.41, 5.74) is 1.76. The number of carbonyl (C=O) groups excluding carboxylic acids is 3. The number of benzene rings is 1. The molecular weight excluding hydrogens is 398 g/mol. The van der Waals surface area contributed by atoms with E-state index < -0.39 is 6.04 Å². The van der Waals surface area contributed by atoms with E-state index in [1.165, 1.54) is 4.90 Å². The molecule has 2 atom stereocenters. The quantitative estimate of drug-likeness (QED) is 0.665. The van der Waals surface area contributed by atoms with E-state index in [0.717, 1.165) is 24.8 Å². The Labute approximate surface area is 180 Å². The molecule has 1 saturated heterocycles. The highest BCUT2D eigenvalue weighted by Gasteiger charge is 2.44. The van der Waals surface area contributed by atoms with Crippen LogP contribution in [0.5, 0.6) is 0 Å². The molecule has 0 spiro atoms. The third kappa shape index (κ3) is 3.74.